The summed E-state index contributed by atoms with van der Waals surface area (Å²) in [5, 5.41) is 1.56. The van der Waals surface area contributed by atoms with Gasteiger partial charge in [-0.2, -0.15) is 11.8 Å². The Labute approximate surface area is 96.4 Å². The number of nitrogens with two attached hydrogens (primary N) is 1. The SMILES string of the molecule is CC(CCN)SC1CC1c1ccccc1. The van der Waals surface area contributed by atoms with E-state index in [1.165, 1.54) is 12.0 Å². The molecule has 0 aromatic heterocycles. The molecule has 0 saturated heterocycles. The molecular formula is C13H19NS. The van der Waals surface area contributed by atoms with E-state index in [9.17, 15) is 0 Å². The van der Waals surface area contributed by atoms with E-state index in [0.717, 1.165) is 24.1 Å². The molecule has 1 saturated carbocycles. The maximum atomic E-state index is 5.56. The highest BCUT2D eigenvalue weighted by atomic mass is 32.2. The maximum absolute atomic E-state index is 5.56. The van der Waals surface area contributed by atoms with Crippen LogP contribution < -0.4 is 5.73 Å². The molecule has 1 aliphatic rings. The van der Waals surface area contributed by atoms with Gasteiger partial charge in [0.25, 0.3) is 0 Å². The third kappa shape index (κ3) is 2.99. The van der Waals surface area contributed by atoms with Gasteiger partial charge in [0.1, 0.15) is 0 Å². The first-order valence-corrected chi connectivity index (χ1v) is 6.66. The normalized spacial score (nSPS) is 26.3. The van der Waals surface area contributed by atoms with Crippen LogP contribution in [0.5, 0.6) is 0 Å². The fourth-order valence-corrected chi connectivity index (χ4v) is 3.51. The highest BCUT2D eigenvalue weighted by Gasteiger charge is 2.39. The van der Waals surface area contributed by atoms with Crippen molar-refractivity contribution in [3.8, 4) is 0 Å². The van der Waals surface area contributed by atoms with Crippen LogP contribution in [-0.2, 0) is 0 Å². The molecule has 1 fully saturated rings. The molecule has 1 aliphatic carbocycles. The molecule has 82 valence electrons. The average molecular weight is 221 g/mol. The summed E-state index contributed by atoms with van der Waals surface area (Å²) in [6.45, 7) is 3.11. The summed E-state index contributed by atoms with van der Waals surface area (Å²) < 4.78 is 0. The Balaban J connectivity index is 1.81. The molecular weight excluding hydrogens is 202 g/mol. The van der Waals surface area contributed by atoms with Crippen molar-refractivity contribution < 1.29 is 0 Å². The summed E-state index contributed by atoms with van der Waals surface area (Å²) in [5.41, 5.74) is 7.07. The predicted octanol–water partition coefficient (Wildman–Crippen LogP) is 3.01. The Morgan fingerprint density at radius 1 is 1.40 bits per heavy atom. The fourth-order valence-electron chi connectivity index (χ4n) is 1.97. The van der Waals surface area contributed by atoms with Crippen molar-refractivity contribution in [1.82, 2.24) is 0 Å². The van der Waals surface area contributed by atoms with Crippen LogP contribution in [0.15, 0.2) is 30.3 Å². The van der Waals surface area contributed by atoms with Crippen molar-refractivity contribution >= 4 is 11.8 Å². The summed E-state index contributed by atoms with van der Waals surface area (Å²) in [4.78, 5) is 0. The van der Waals surface area contributed by atoms with Gasteiger partial charge in [0.15, 0.2) is 0 Å². The van der Waals surface area contributed by atoms with E-state index in [0.29, 0.717) is 5.25 Å². The van der Waals surface area contributed by atoms with Gasteiger partial charge in [0, 0.05) is 10.5 Å². The fraction of sp³-hybridized carbons (Fsp3) is 0.538. The molecule has 15 heavy (non-hydrogen) atoms. The largest absolute Gasteiger partial charge is 0.330 e. The van der Waals surface area contributed by atoms with Crippen molar-refractivity contribution in [3.05, 3.63) is 35.9 Å². The van der Waals surface area contributed by atoms with Gasteiger partial charge in [-0.3, -0.25) is 0 Å². The van der Waals surface area contributed by atoms with E-state index in [1.807, 2.05) is 0 Å². The molecule has 0 amide bonds. The molecule has 0 heterocycles. The number of hydrogen-bond donors (Lipinski definition) is 1. The second-order valence-corrected chi connectivity index (χ2v) is 6.00. The van der Waals surface area contributed by atoms with E-state index in [1.54, 1.807) is 0 Å². The Morgan fingerprint density at radius 2 is 2.13 bits per heavy atom. The highest BCUT2D eigenvalue weighted by Crippen LogP contribution is 2.50. The number of hydrogen-bond acceptors (Lipinski definition) is 2. The first-order valence-electron chi connectivity index (χ1n) is 5.71. The molecule has 0 spiro atoms. The number of rotatable bonds is 5. The molecule has 1 aromatic rings. The summed E-state index contributed by atoms with van der Waals surface area (Å²) in [7, 11) is 0. The summed E-state index contributed by atoms with van der Waals surface area (Å²) in [6, 6.07) is 10.9. The second kappa shape index (κ2) is 5.04. The van der Waals surface area contributed by atoms with E-state index in [-0.39, 0.29) is 0 Å². The summed E-state index contributed by atoms with van der Waals surface area (Å²) in [5.74, 6) is 0.802. The zero-order valence-corrected chi connectivity index (χ0v) is 10.0. The summed E-state index contributed by atoms with van der Waals surface area (Å²) in [6.07, 6.45) is 2.49. The molecule has 1 nitrogen and oxygen atoms in total. The van der Waals surface area contributed by atoms with E-state index in [4.69, 9.17) is 5.73 Å². The summed E-state index contributed by atoms with van der Waals surface area (Å²) >= 11 is 2.11. The standard InChI is InChI=1S/C13H19NS/c1-10(7-8-14)15-13-9-12(13)11-5-3-2-4-6-11/h2-6,10,12-13H,7-9,14H2,1H3. The topological polar surface area (TPSA) is 26.0 Å². The lowest BCUT2D eigenvalue weighted by molar-refractivity contribution is 0.822. The van der Waals surface area contributed by atoms with Crippen LogP contribution in [0.1, 0.15) is 31.2 Å². The number of benzene rings is 1. The van der Waals surface area contributed by atoms with Crippen molar-refractivity contribution in [2.75, 3.05) is 6.54 Å². The van der Waals surface area contributed by atoms with Crippen LogP contribution in [0.25, 0.3) is 0 Å². The lowest BCUT2D eigenvalue weighted by Gasteiger charge is -2.08. The molecule has 3 unspecified atom stereocenters. The van der Waals surface area contributed by atoms with Gasteiger partial charge >= 0.3 is 0 Å². The molecule has 2 heteroatoms. The van der Waals surface area contributed by atoms with Crippen molar-refractivity contribution in [3.63, 3.8) is 0 Å². The monoisotopic (exact) mass is 221 g/mol. The van der Waals surface area contributed by atoms with Gasteiger partial charge in [-0.05, 0) is 30.9 Å². The van der Waals surface area contributed by atoms with Crippen molar-refractivity contribution in [1.29, 1.82) is 0 Å². The number of thioether (sulfide) groups is 1. The van der Waals surface area contributed by atoms with Gasteiger partial charge in [-0.15, -0.1) is 0 Å². The lowest BCUT2D eigenvalue weighted by atomic mass is 10.1. The molecule has 2 N–H and O–H groups in total. The Kier molecular flexibility index (Phi) is 3.71. The van der Waals surface area contributed by atoms with Gasteiger partial charge in [-0.25, -0.2) is 0 Å². The molecule has 0 radical (unpaired) electrons. The van der Waals surface area contributed by atoms with Crippen LogP contribution >= 0.6 is 11.8 Å². The average Bonchev–Trinajstić information content (AvgIpc) is 2.99. The van der Waals surface area contributed by atoms with E-state index < -0.39 is 0 Å². The zero-order chi connectivity index (χ0) is 10.7. The van der Waals surface area contributed by atoms with Crippen LogP contribution in [0.3, 0.4) is 0 Å². The highest BCUT2D eigenvalue weighted by molar-refractivity contribution is 8.00. The Hall–Kier alpha value is -0.470. The van der Waals surface area contributed by atoms with Gasteiger partial charge in [0.2, 0.25) is 0 Å². The molecule has 0 aliphatic heterocycles. The minimum absolute atomic E-state index is 0.716. The van der Waals surface area contributed by atoms with Gasteiger partial charge < -0.3 is 5.73 Å². The third-order valence-electron chi connectivity index (χ3n) is 2.94. The van der Waals surface area contributed by atoms with Crippen molar-refractivity contribution in [2.24, 2.45) is 5.73 Å². The smallest absolute Gasteiger partial charge is 0.0125 e. The molecule has 2 rings (SSSR count). The van der Waals surface area contributed by atoms with Crippen molar-refractivity contribution in [2.45, 2.75) is 36.2 Å². The van der Waals surface area contributed by atoms with Crippen LogP contribution in [0.4, 0.5) is 0 Å². The minimum Gasteiger partial charge on any atom is -0.330 e. The van der Waals surface area contributed by atoms with E-state index in [2.05, 4.69) is 49.0 Å². The second-order valence-electron chi connectivity index (χ2n) is 4.32. The first-order chi connectivity index (χ1) is 7.31. The Morgan fingerprint density at radius 3 is 2.80 bits per heavy atom. The van der Waals surface area contributed by atoms with Crippen LogP contribution in [0.2, 0.25) is 0 Å². The molecule has 0 bridgehead atoms. The minimum atomic E-state index is 0.716. The predicted molar refractivity (Wildman–Crippen MR) is 68.3 cm³/mol. The zero-order valence-electron chi connectivity index (χ0n) is 9.23. The van der Waals surface area contributed by atoms with Crippen LogP contribution in [-0.4, -0.2) is 17.0 Å². The third-order valence-corrected chi connectivity index (χ3v) is 4.51. The van der Waals surface area contributed by atoms with Gasteiger partial charge in [0.05, 0.1) is 0 Å². The molecule has 1 aromatic carbocycles. The molecule has 3 atom stereocenters. The lowest BCUT2D eigenvalue weighted by Crippen LogP contribution is -2.07. The quantitative estimate of drug-likeness (QED) is 0.827. The van der Waals surface area contributed by atoms with Crippen LogP contribution in [0, 0.1) is 0 Å². The van der Waals surface area contributed by atoms with Gasteiger partial charge in [-0.1, -0.05) is 37.3 Å². The van der Waals surface area contributed by atoms with E-state index >= 15 is 0 Å². The maximum Gasteiger partial charge on any atom is 0.0125 e. The first kappa shape index (κ1) is 11.0. The Bertz CT molecular complexity index is 299.